The van der Waals surface area contributed by atoms with Gasteiger partial charge in [-0.05, 0) is 71.5 Å². The van der Waals surface area contributed by atoms with E-state index in [1.165, 1.54) is 0 Å². The molecule has 1 atom stereocenters. The smallest absolute Gasteiger partial charge is 0.275 e. The van der Waals surface area contributed by atoms with Crippen molar-refractivity contribution in [3.05, 3.63) is 87.9 Å². The Morgan fingerprint density at radius 1 is 1.00 bits per heavy atom. The fraction of sp³-hybridized carbons (Fsp3) is 0.231. The number of benzene rings is 2. The van der Waals surface area contributed by atoms with Crippen LogP contribution in [-0.2, 0) is 6.42 Å². The fourth-order valence-corrected chi connectivity index (χ4v) is 5.24. The minimum atomic E-state index is -0.220. The second-order valence-corrected chi connectivity index (χ2v) is 8.90. The Morgan fingerprint density at radius 2 is 1.76 bits per heavy atom. The van der Waals surface area contributed by atoms with Crippen molar-refractivity contribution in [3.8, 4) is 22.9 Å². The lowest BCUT2D eigenvalue weighted by atomic mass is 9.90. The number of nitrogens with zero attached hydrogens (tertiary/aromatic N) is 3. The number of carbonyl (C=O) groups is 1. The summed E-state index contributed by atoms with van der Waals surface area (Å²) in [4.78, 5) is 16.7. The van der Waals surface area contributed by atoms with Gasteiger partial charge in [0.15, 0.2) is 17.2 Å². The number of aromatic nitrogens is 2. The van der Waals surface area contributed by atoms with Crippen LogP contribution < -0.4 is 14.2 Å². The van der Waals surface area contributed by atoms with Gasteiger partial charge in [-0.3, -0.25) is 4.79 Å². The summed E-state index contributed by atoms with van der Waals surface area (Å²) in [5.41, 5.74) is 3.47. The van der Waals surface area contributed by atoms with E-state index in [9.17, 15) is 4.79 Å². The molecule has 3 heterocycles. The molecule has 0 N–H and O–H groups in total. The summed E-state index contributed by atoms with van der Waals surface area (Å²) in [5, 5.41) is 6.62. The first-order chi connectivity index (χ1) is 16.6. The molecule has 2 aromatic carbocycles. The van der Waals surface area contributed by atoms with Gasteiger partial charge in [0.05, 0.1) is 33.1 Å². The number of ether oxygens (including phenoxy) is 3. The standard InChI is InChI=1S/C26H25N3O4S/c1-31-19-8-6-18(7-9-19)29-13-11-21(27-29)26(30)28-12-10-17-15-22(32-2)23(33-3)16-20(17)25(28)24-5-4-14-34-24/h4-9,11,13-16,25H,10,12H2,1-3H3. The molecular formula is C26H25N3O4S. The van der Waals surface area contributed by atoms with Gasteiger partial charge in [0.1, 0.15) is 5.75 Å². The lowest BCUT2D eigenvalue weighted by Crippen LogP contribution is -2.40. The van der Waals surface area contributed by atoms with Gasteiger partial charge < -0.3 is 19.1 Å². The molecule has 8 heteroatoms. The van der Waals surface area contributed by atoms with Gasteiger partial charge in [0, 0.05) is 17.6 Å². The van der Waals surface area contributed by atoms with Gasteiger partial charge in [-0.15, -0.1) is 11.3 Å². The fourth-order valence-electron chi connectivity index (χ4n) is 4.38. The van der Waals surface area contributed by atoms with Crippen LogP contribution in [0.2, 0.25) is 0 Å². The molecule has 0 spiro atoms. The van der Waals surface area contributed by atoms with Crippen LogP contribution in [-0.4, -0.2) is 48.5 Å². The zero-order valence-corrected chi connectivity index (χ0v) is 20.0. The summed E-state index contributed by atoms with van der Waals surface area (Å²) in [7, 11) is 4.90. The van der Waals surface area contributed by atoms with E-state index in [4.69, 9.17) is 14.2 Å². The van der Waals surface area contributed by atoms with Gasteiger partial charge >= 0.3 is 0 Å². The van der Waals surface area contributed by atoms with Crippen molar-refractivity contribution in [1.29, 1.82) is 0 Å². The van der Waals surface area contributed by atoms with Crippen LogP contribution in [0.25, 0.3) is 5.69 Å². The summed E-state index contributed by atoms with van der Waals surface area (Å²) in [6.45, 7) is 0.583. The van der Waals surface area contributed by atoms with Crippen molar-refractivity contribution < 1.29 is 19.0 Å². The average molecular weight is 476 g/mol. The number of hydrogen-bond donors (Lipinski definition) is 0. The van der Waals surface area contributed by atoms with E-state index in [0.29, 0.717) is 23.7 Å². The molecule has 4 aromatic rings. The Hall–Kier alpha value is -3.78. The Balaban J connectivity index is 1.51. The molecule has 0 saturated heterocycles. The quantitative estimate of drug-likeness (QED) is 0.403. The maximum Gasteiger partial charge on any atom is 0.275 e. The lowest BCUT2D eigenvalue weighted by molar-refractivity contribution is 0.0690. The van der Waals surface area contributed by atoms with E-state index in [1.807, 2.05) is 52.7 Å². The molecule has 0 aliphatic carbocycles. The predicted octanol–water partition coefficient (Wildman–Crippen LogP) is 4.75. The monoisotopic (exact) mass is 475 g/mol. The molecule has 0 bridgehead atoms. The Kier molecular flexibility index (Phi) is 5.98. The van der Waals surface area contributed by atoms with E-state index < -0.39 is 0 Å². The van der Waals surface area contributed by atoms with Gasteiger partial charge in [0.25, 0.3) is 5.91 Å². The number of amides is 1. The van der Waals surface area contributed by atoms with Crippen LogP contribution in [0.3, 0.4) is 0 Å². The Bertz CT molecular complexity index is 1300. The van der Waals surface area contributed by atoms with Crippen LogP contribution in [0, 0.1) is 0 Å². The predicted molar refractivity (Wildman–Crippen MR) is 131 cm³/mol. The van der Waals surface area contributed by atoms with E-state index in [2.05, 4.69) is 11.2 Å². The highest BCUT2D eigenvalue weighted by Gasteiger charge is 2.35. The van der Waals surface area contributed by atoms with Crippen LogP contribution in [0.15, 0.2) is 66.2 Å². The normalized spacial score (nSPS) is 15.0. The van der Waals surface area contributed by atoms with Gasteiger partial charge in [-0.1, -0.05) is 6.07 Å². The number of methoxy groups -OCH3 is 3. The largest absolute Gasteiger partial charge is 0.497 e. The molecule has 2 aromatic heterocycles. The highest BCUT2D eigenvalue weighted by molar-refractivity contribution is 7.10. The molecule has 1 amide bonds. The van der Waals surface area contributed by atoms with Crippen molar-refractivity contribution >= 4 is 17.2 Å². The number of fused-ring (bicyclic) bond motifs is 1. The summed E-state index contributed by atoms with van der Waals surface area (Å²) in [6.07, 6.45) is 2.53. The first kappa shape index (κ1) is 22.0. The first-order valence-corrected chi connectivity index (χ1v) is 11.8. The molecule has 0 fully saturated rings. The molecule has 1 aliphatic heterocycles. The molecule has 1 aliphatic rings. The summed E-state index contributed by atoms with van der Waals surface area (Å²) < 4.78 is 18.0. The second kappa shape index (κ2) is 9.23. The molecule has 7 nitrogen and oxygen atoms in total. The molecule has 34 heavy (non-hydrogen) atoms. The number of hydrogen-bond acceptors (Lipinski definition) is 6. The SMILES string of the molecule is COc1ccc(-n2ccc(C(=O)N3CCc4cc(OC)c(OC)cc4C3c3cccs3)n2)cc1. The Labute approximate surface area is 202 Å². The molecule has 5 rings (SSSR count). The van der Waals surface area contributed by atoms with Crippen molar-refractivity contribution in [2.24, 2.45) is 0 Å². The third-order valence-electron chi connectivity index (χ3n) is 6.09. The zero-order chi connectivity index (χ0) is 23.7. The minimum absolute atomic E-state index is 0.105. The number of carbonyl (C=O) groups excluding carboxylic acids is 1. The highest BCUT2D eigenvalue weighted by Crippen LogP contribution is 2.42. The molecule has 174 valence electrons. The average Bonchev–Trinajstić information content (AvgIpc) is 3.59. The minimum Gasteiger partial charge on any atom is -0.497 e. The van der Waals surface area contributed by atoms with Crippen molar-refractivity contribution in [1.82, 2.24) is 14.7 Å². The van der Waals surface area contributed by atoms with Crippen LogP contribution in [0.1, 0.15) is 32.5 Å². The van der Waals surface area contributed by atoms with Gasteiger partial charge in [0.2, 0.25) is 0 Å². The number of thiophene rings is 1. The first-order valence-electron chi connectivity index (χ1n) is 10.9. The maximum atomic E-state index is 13.7. The molecule has 1 unspecified atom stereocenters. The Morgan fingerprint density at radius 3 is 2.44 bits per heavy atom. The van der Waals surface area contributed by atoms with Crippen molar-refractivity contribution in [2.75, 3.05) is 27.9 Å². The molecular weight excluding hydrogens is 450 g/mol. The van der Waals surface area contributed by atoms with Gasteiger partial charge in [-0.25, -0.2) is 4.68 Å². The summed E-state index contributed by atoms with van der Waals surface area (Å²) >= 11 is 1.63. The third-order valence-corrected chi connectivity index (χ3v) is 7.02. The van der Waals surface area contributed by atoms with Crippen LogP contribution >= 0.6 is 11.3 Å². The van der Waals surface area contributed by atoms with E-state index in [1.54, 1.807) is 49.6 Å². The number of rotatable bonds is 6. The van der Waals surface area contributed by atoms with Crippen LogP contribution in [0.5, 0.6) is 17.2 Å². The van der Waals surface area contributed by atoms with Crippen molar-refractivity contribution in [2.45, 2.75) is 12.5 Å². The zero-order valence-electron chi connectivity index (χ0n) is 19.2. The summed E-state index contributed by atoms with van der Waals surface area (Å²) in [5.74, 6) is 2.02. The highest BCUT2D eigenvalue weighted by atomic mass is 32.1. The van der Waals surface area contributed by atoms with Gasteiger partial charge in [-0.2, -0.15) is 5.10 Å². The summed E-state index contributed by atoms with van der Waals surface area (Å²) in [6, 6.07) is 17.2. The third kappa shape index (κ3) is 3.90. The topological polar surface area (TPSA) is 65.8 Å². The van der Waals surface area contributed by atoms with E-state index in [-0.39, 0.29) is 11.9 Å². The lowest BCUT2D eigenvalue weighted by Gasteiger charge is -2.37. The second-order valence-electron chi connectivity index (χ2n) is 7.92. The van der Waals surface area contributed by atoms with Crippen molar-refractivity contribution in [3.63, 3.8) is 0 Å². The van der Waals surface area contributed by atoms with E-state index in [0.717, 1.165) is 33.9 Å². The van der Waals surface area contributed by atoms with E-state index >= 15 is 0 Å². The molecule has 0 saturated carbocycles. The van der Waals surface area contributed by atoms with Crippen LogP contribution in [0.4, 0.5) is 0 Å². The molecule has 0 radical (unpaired) electrons. The maximum absolute atomic E-state index is 13.7.